The van der Waals surface area contributed by atoms with Gasteiger partial charge in [-0.05, 0) is 57.7 Å². The molecule has 5 nitrogen and oxygen atoms in total. The second-order valence-corrected chi connectivity index (χ2v) is 11.8. The topological polar surface area (TPSA) is 67.8 Å². The van der Waals surface area contributed by atoms with Crippen LogP contribution in [0.15, 0.2) is 18.5 Å². The number of aryl methyl sites for hydroxylation is 3. The van der Waals surface area contributed by atoms with Crippen molar-refractivity contribution in [1.29, 1.82) is 0 Å². The molecule has 4 aromatic rings. The molecule has 8 heteroatoms. The Labute approximate surface area is 200 Å². The van der Waals surface area contributed by atoms with Crippen molar-refractivity contribution in [2.45, 2.75) is 58.9 Å². The van der Waals surface area contributed by atoms with E-state index in [0.717, 1.165) is 64.7 Å². The Hall–Kier alpha value is -2.00. The van der Waals surface area contributed by atoms with E-state index in [1.54, 1.807) is 34.0 Å². The van der Waals surface area contributed by atoms with E-state index in [1.807, 2.05) is 18.5 Å². The molecule has 0 radical (unpaired) electrons. The third-order valence-corrected chi connectivity index (χ3v) is 9.29. The van der Waals surface area contributed by atoms with Gasteiger partial charge in [-0.2, -0.15) is 0 Å². The Bertz CT molecular complexity index is 1240. The Morgan fingerprint density at radius 1 is 1.12 bits per heavy atom. The highest BCUT2D eigenvalue weighted by atomic mass is 32.1. The Morgan fingerprint density at radius 3 is 2.84 bits per heavy atom. The van der Waals surface area contributed by atoms with Crippen molar-refractivity contribution < 1.29 is 4.79 Å². The van der Waals surface area contributed by atoms with Gasteiger partial charge in [-0.25, -0.2) is 9.97 Å². The van der Waals surface area contributed by atoms with E-state index in [-0.39, 0.29) is 0 Å². The number of Topliss-reactive ketones (excluding diaryl/α,β-unsaturated/α-hetero) is 1. The summed E-state index contributed by atoms with van der Waals surface area (Å²) in [5.74, 6) is 0.331. The zero-order valence-corrected chi connectivity index (χ0v) is 20.8. The summed E-state index contributed by atoms with van der Waals surface area (Å²) in [6.07, 6.45) is 8.79. The highest BCUT2D eigenvalue weighted by Gasteiger charge is 2.25. The summed E-state index contributed by atoms with van der Waals surface area (Å²) in [7, 11) is 0. The van der Waals surface area contributed by atoms with Crippen LogP contribution in [0.4, 0.5) is 0 Å². The van der Waals surface area contributed by atoms with Crippen molar-refractivity contribution in [2.75, 3.05) is 6.54 Å². The van der Waals surface area contributed by atoms with E-state index in [2.05, 4.69) is 29.1 Å². The lowest BCUT2D eigenvalue weighted by molar-refractivity contribution is -0.118. The molecule has 5 heterocycles. The van der Waals surface area contributed by atoms with E-state index in [1.165, 1.54) is 25.8 Å². The van der Waals surface area contributed by atoms with Gasteiger partial charge < -0.3 is 5.32 Å². The maximum atomic E-state index is 12.9. The molecule has 32 heavy (non-hydrogen) atoms. The lowest BCUT2D eigenvalue weighted by Crippen LogP contribution is -2.22. The Balaban J connectivity index is 1.30. The number of rotatable bonds is 8. The molecule has 1 aliphatic heterocycles. The number of thiophene rings is 1. The first-order chi connectivity index (χ1) is 15.6. The van der Waals surface area contributed by atoms with Crippen molar-refractivity contribution in [3.05, 3.63) is 49.4 Å². The van der Waals surface area contributed by atoms with Crippen molar-refractivity contribution in [1.82, 2.24) is 20.3 Å². The number of unbranched alkanes of at least 4 members (excludes halogenated alkanes) is 1. The average Bonchev–Trinajstić information content (AvgIpc) is 3.44. The Kier molecular flexibility index (Phi) is 6.46. The minimum atomic E-state index is 0.331. The highest BCUT2D eigenvalue weighted by Crippen LogP contribution is 2.41. The standard InChI is InChI=1S/C24H26N4OS3/c1-14-19(30-15(2)27-14)6-4-3-5-16(29)11-21-23(17-7-9-26-13-22(17)31-21)24-28-18-12-25-10-8-20(18)32-24/h8,10,12,26H,3-7,9,11,13H2,1-2H3. The summed E-state index contributed by atoms with van der Waals surface area (Å²) in [6.45, 7) is 6.01. The number of nitrogens with one attached hydrogen (secondary N) is 1. The molecule has 0 saturated heterocycles. The Morgan fingerprint density at radius 2 is 2.03 bits per heavy atom. The summed E-state index contributed by atoms with van der Waals surface area (Å²) in [5.41, 5.74) is 4.69. The van der Waals surface area contributed by atoms with Gasteiger partial charge in [0.15, 0.2) is 0 Å². The zero-order valence-electron chi connectivity index (χ0n) is 18.4. The van der Waals surface area contributed by atoms with Crippen LogP contribution in [-0.4, -0.2) is 27.3 Å². The average molecular weight is 483 g/mol. The van der Waals surface area contributed by atoms with Crippen LogP contribution in [0.2, 0.25) is 0 Å². The predicted molar refractivity (Wildman–Crippen MR) is 134 cm³/mol. The first kappa shape index (κ1) is 21.8. The molecular weight excluding hydrogens is 456 g/mol. The van der Waals surface area contributed by atoms with Crippen molar-refractivity contribution in [3.8, 4) is 10.6 Å². The number of carbonyl (C=O) groups excluding carboxylic acids is 1. The number of aromatic nitrogens is 3. The van der Waals surface area contributed by atoms with E-state index in [9.17, 15) is 4.79 Å². The molecule has 1 N–H and O–H groups in total. The molecule has 0 amide bonds. The predicted octanol–water partition coefficient (Wildman–Crippen LogP) is 5.66. The van der Waals surface area contributed by atoms with Gasteiger partial charge in [0.25, 0.3) is 0 Å². The van der Waals surface area contributed by atoms with Crippen LogP contribution in [0.5, 0.6) is 0 Å². The molecule has 0 atom stereocenters. The molecule has 0 unspecified atom stereocenters. The number of thiazole rings is 2. The van der Waals surface area contributed by atoms with Crippen LogP contribution < -0.4 is 5.32 Å². The number of fused-ring (bicyclic) bond motifs is 2. The van der Waals surface area contributed by atoms with Crippen LogP contribution in [-0.2, 0) is 30.6 Å². The van der Waals surface area contributed by atoms with E-state index < -0.39 is 0 Å². The van der Waals surface area contributed by atoms with Gasteiger partial charge in [0.1, 0.15) is 16.3 Å². The van der Waals surface area contributed by atoms with Crippen molar-refractivity contribution in [2.24, 2.45) is 0 Å². The first-order valence-corrected chi connectivity index (χ1v) is 13.5. The molecule has 0 bridgehead atoms. The third-order valence-electron chi connectivity index (χ3n) is 5.87. The monoisotopic (exact) mass is 482 g/mol. The lowest BCUT2D eigenvalue weighted by Gasteiger charge is -2.13. The molecule has 0 aromatic carbocycles. The molecule has 0 saturated carbocycles. The SMILES string of the molecule is Cc1nc(C)c(CCCCC(=O)Cc2sc3c(c2-c2nc4cnccc4s2)CCNC3)s1. The fraction of sp³-hybridized carbons (Fsp3) is 0.417. The van der Waals surface area contributed by atoms with Crippen molar-refractivity contribution in [3.63, 3.8) is 0 Å². The fourth-order valence-corrected chi connectivity index (χ4v) is 7.76. The minimum absolute atomic E-state index is 0.331. The molecule has 1 aliphatic rings. The number of nitrogens with zero attached hydrogens (tertiary/aromatic N) is 3. The summed E-state index contributed by atoms with van der Waals surface area (Å²) in [5, 5.41) is 5.63. The van der Waals surface area contributed by atoms with Gasteiger partial charge in [-0.1, -0.05) is 0 Å². The molecule has 166 valence electrons. The second kappa shape index (κ2) is 9.47. The molecule has 0 aliphatic carbocycles. The van der Waals surface area contributed by atoms with E-state index >= 15 is 0 Å². The van der Waals surface area contributed by atoms with E-state index in [0.29, 0.717) is 18.6 Å². The fourth-order valence-electron chi connectivity index (χ4n) is 4.33. The zero-order chi connectivity index (χ0) is 22.1. The highest BCUT2D eigenvalue weighted by molar-refractivity contribution is 7.22. The maximum absolute atomic E-state index is 12.9. The van der Waals surface area contributed by atoms with Gasteiger partial charge in [-0.3, -0.25) is 9.78 Å². The summed E-state index contributed by atoms with van der Waals surface area (Å²) >= 11 is 5.29. The van der Waals surface area contributed by atoms with Crippen molar-refractivity contribution >= 4 is 50.0 Å². The smallest absolute Gasteiger partial charge is 0.138 e. The minimum Gasteiger partial charge on any atom is -0.312 e. The number of carbonyl (C=O) groups is 1. The van der Waals surface area contributed by atoms with Crippen LogP contribution in [0, 0.1) is 13.8 Å². The van der Waals surface area contributed by atoms with Crippen LogP contribution in [0.3, 0.4) is 0 Å². The normalized spacial score (nSPS) is 13.6. The molecule has 0 spiro atoms. The summed E-state index contributed by atoms with van der Waals surface area (Å²) in [6, 6.07) is 2.02. The van der Waals surface area contributed by atoms with Gasteiger partial charge >= 0.3 is 0 Å². The quantitative estimate of drug-likeness (QED) is 0.328. The largest absolute Gasteiger partial charge is 0.312 e. The summed E-state index contributed by atoms with van der Waals surface area (Å²) < 4.78 is 1.15. The summed E-state index contributed by atoms with van der Waals surface area (Å²) in [4.78, 5) is 30.4. The molecule has 5 rings (SSSR count). The second-order valence-electron chi connectivity index (χ2n) is 8.26. The third kappa shape index (κ3) is 4.55. The number of hydrogen-bond donors (Lipinski definition) is 1. The lowest BCUT2D eigenvalue weighted by atomic mass is 10.00. The van der Waals surface area contributed by atoms with Gasteiger partial charge in [-0.15, -0.1) is 34.0 Å². The first-order valence-electron chi connectivity index (χ1n) is 11.1. The van der Waals surface area contributed by atoms with Gasteiger partial charge in [0.05, 0.1) is 21.6 Å². The van der Waals surface area contributed by atoms with Crippen LogP contribution in [0.1, 0.15) is 50.2 Å². The number of hydrogen-bond acceptors (Lipinski definition) is 8. The number of ketones is 1. The molecule has 0 fully saturated rings. The number of pyridine rings is 1. The molecular formula is C24H26N4OS3. The van der Waals surface area contributed by atoms with Gasteiger partial charge in [0, 0.05) is 45.8 Å². The van der Waals surface area contributed by atoms with Crippen LogP contribution >= 0.6 is 34.0 Å². The molecule has 4 aromatic heterocycles. The maximum Gasteiger partial charge on any atom is 0.138 e. The van der Waals surface area contributed by atoms with Gasteiger partial charge in [0.2, 0.25) is 0 Å². The van der Waals surface area contributed by atoms with Crippen LogP contribution in [0.25, 0.3) is 20.8 Å². The van der Waals surface area contributed by atoms with E-state index in [4.69, 9.17) is 4.98 Å².